The normalized spacial score (nSPS) is 12.4. The van der Waals surface area contributed by atoms with Gasteiger partial charge in [-0.1, -0.05) is 0 Å². The van der Waals surface area contributed by atoms with Gasteiger partial charge in [0.15, 0.2) is 0 Å². The minimum absolute atomic E-state index is 0.0155. The van der Waals surface area contributed by atoms with Gasteiger partial charge in [-0.25, -0.2) is 18.1 Å². The monoisotopic (exact) mass is 352 g/mol. The van der Waals surface area contributed by atoms with Crippen LogP contribution in [0.1, 0.15) is 10.7 Å². The lowest BCUT2D eigenvalue weighted by molar-refractivity contribution is -0.274. The first kappa shape index (κ1) is 16.7. The maximum absolute atomic E-state index is 12.0. The summed E-state index contributed by atoms with van der Waals surface area (Å²) in [5.74, 6) is -0.484. The molecule has 0 aliphatic rings. The van der Waals surface area contributed by atoms with Crippen molar-refractivity contribution in [3.05, 3.63) is 40.3 Å². The van der Waals surface area contributed by atoms with Crippen LogP contribution in [-0.2, 0) is 16.6 Å². The zero-order valence-corrected chi connectivity index (χ0v) is 12.8. The molecule has 1 N–H and O–H groups in total. The van der Waals surface area contributed by atoms with Gasteiger partial charge in [0, 0.05) is 11.1 Å². The van der Waals surface area contributed by atoms with Gasteiger partial charge in [0.05, 0.1) is 11.4 Å². The van der Waals surface area contributed by atoms with Crippen molar-refractivity contribution in [2.75, 3.05) is 0 Å². The van der Waals surface area contributed by atoms with Crippen LogP contribution in [0, 0.1) is 6.92 Å². The Labute approximate surface area is 128 Å². The van der Waals surface area contributed by atoms with Crippen molar-refractivity contribution in [2.45, 2.75) is 24.7 Å². The Morgan fingerprint density at radius 2 is 1.91 bits per heavy atom. The van der Waals surface area contributed by atoms with Gasteiger partial charge in [-0.15, -0.1) is 24.5 Å². The van der Waals surface area contributed by atoms with Crippen molar-refractivity contribution < 1.29 is 26.3 Å². The number of rotatable bonds is 5. The van der Waals surface area contributed by atoms with E-state index in [0.29, 0.717) is 5.01 Å². The Bertz CT molecular complexity index is 740. The zero-order chi connectivity index (χ0) is 16.4. The Morgan fingerprint density at radius 3 is 2.41 bits per heavy atom. The van der Waals surface area contributed by atoms with Gasteiger partial charge in [-0.3, -0.25) is 0 Å². The van der Waals surface area contributed by atoms with Gasteiger partial charge in [0.2, 0.25) is 10.0 Å². The van der Waals surface area contributed by atoms with Crippen LogP contribution in [-0.4, -0.2) is 19.8 Å². The summed E-state index contributed by atoms with van der Waals surface area (Å²) in [6.45, 7) is 1.80. The van der Waals surface area contributed by atoms with Crippen molar-refractivity contribution in [2.24, 2.45) is 0 Å². The summed E-state index contributed by atoms with van der Waals surface area (Å²) < 4.78 is 66.1. The van der Waals surface area contributed by atoms with E-state index in [1.165, 1.54) is 11.3 Å². The predicted octanol–water partition coefficient (Wildman–Crippen LogP) is 2.83. The van der Waals surface area contributed by atoms with E-state index < -0.39 is 22.1 Å². The summed E-state index contributed by atoms with van der Waals surface area (Å²) in [5, 5.41) is 2.38. The Hall–Kier alpha value is -1.65. The molecule has 2 rings (SSSR count). The van der Waals surface area contributed by atoms with E-state index in [-0.39, 0.29) is 11.4 Å². The van der Waals surface area contributed by atoms with E-state index in [0.717, 1.165) is 30.0 Å². The molecule has 0 fully saturated rings. The maximum atomic E-state index is 12.0. The van der Waals surface area contributed by atoms with Gasteiger partial charge >= 0.3 is 6.36 Å². The van der Waals surface area contributed by atoms with Crippen molar-refractivity contribution >= 4 is 21.4 Å². The number of alkyl halides is 3. The molecule has 10 heteroatoms. The quantitative estimate of drug-likeness (QED) is 0.898. The number of nitrogens with zero attached hydrogens (tertiary/aromatic N) is 1. The summed E-state index contributed by atoms with van der Waals surface area (Å²) >= 11 is 1.31. The van der Waals surface area contributed by atoms with E-state index >= 15 is 0 Å². The lowest BCUT2D eigenvalue weighted by atomic mass is 10.3. The fourth-order valence-electron chi connectivity index (χ4n) is 1.54. The molecule has 0 radical (unpaired) electrons. The highest BCUT2D eigenvalue weighted by Gasteiger charge is 2.31. The second kappa shape index (κ2) is 6.23. The number of nitrogens with one attached hydrogen (secondary N) is 1. The molecule has 0 amide bonds. The van der Waals surface area contributed by atoms with Gasteiger partial charge in [-0.05, 0) is 31.2 Å². The predicted molar refractivity (Wildman–Crippen MR) is 74.0 cm³/mol. The molecule has 1 aromatic heterocycles. The highest BCUT2D eigenvalue weighted by atomic mass is 32.2. The van der Waals surface area contributed by atoms with Crippen LogP contribution in [0.5, 0.6) is 5.75 Å². The Balaban J connectivity index is 2.06. The Kier molecular flexibility index (Phi) is 4.73. The van der Waals surface area contributed by atoms with E-state index in [1.807, 2.05) is 0 Å². The molecule has 0 bridgehead atoms. The van der Waals surface area contributed by atoms with E-state index in [4.69, 9.17) is 0 Å². The number of halogens is 3. The molecule has 1 heterocycles. The van der Waals surface area contributed by atoms with Crippen LogP contribution in [0.25, 0.3) is 0 Å². The summed E-state index contributed by atoms with van der Waals surface area (Å²) in [6.07, 6.45) is -4.82. The van der Waals surface area contributed by atoms with Gasteiger partial charge in [0.1, 0.15) is 10.8 Å². The molecule has 0 atom stereocenters. The fourth-order valence-corrected chi connectivity index (χ4v) is 3.34. The molecule has 120 valence electrons. The van der Waals surface area contributed by atoms with E-state index in [9.17, 15) is 21.6 Å². The first-order valence-corrected chi connectivity index (χ1v) is 8.28. The average Bonchev–Trinajstić information content (AvgIpc) is 2.81. The molecule has 1 aromatic carbocycles. The van der Waals surface area contributed by atoms with Crippen LogP contribution in [0.3, 0.4) is 0 Å². The molecule has 0 aliphatic heterocycles. The lowest BCUT2D eigenvalue weighted by Crippen LogP contribution is -2.23. The van der Waals surface area contributed by atoms with Crippen LogP contribution in [0.2, 0.25) is 0 Å². The summed E-state index contributed by atoms with van der Waals surface area (Å²) in [4.78, 5) is 3.95. The fraction of sp³-hybridized carbons (Fsp3) is 0.250. The smallest absolute Gasteiger partial charge is 0.406 e. The number of ether oxygens (including phenoxy) is 1. The number of hydrogen-bond acceptors (Lipinski definition) is 5. The number of aryl methyl sites for hydroxylation is 1. The third-order valence-corrected chi connectivity index (χ3v) is 4.83. The van der Waals surface area contributed by atoms with Gasteiger partial charge in [0.25, 0.3) is 0 Å². The molecule has 0 unspecified atom stereocenters. The van der Waals surface area contributed by atoms with Crippen molar-refractivity contribution in [1.29, 1.82) is 0 Å². The van der Waals surface area contributed by atoms with Gasteiger partial charge < -0.3 is 4.74 Å². The molecule has 0 saturated heterocycles. The number of hydrogen-bond donors (Lipinski definition) is 1. The first-order valence-electron chi connectivity index (χ1n) is 5.92. The second-order valence-electron chi connectivity index (χ2n) is 4.23. The molecule has 0 aliphatic carbocycles. The van der Waals surface area contributed by atoms with Crippen LogP contribution >= 0.6 is 11.3 Å². The molecule has 2 aromatic rings. The average molecular weight is 352 g/mol. The lowest BCUT2D eigenvalue weighted by Gasteiger charge is -2.09. The Morgan fingerprint density at radius 1 is 1.27 bits per heavy atom. The SMILES string of the molecule is Cc1csc(CNS(=O)(=O)c2ccc(OC(F)(F)F)cc2)n1. The number of thiazole rings is 1. The third-order valence-electron chi connectivity index (χ3n) is 2.45. The third kappa shape index (κ3) is 4.68. The van der Waals surface area contributed by atoms with Crippen LogP contribution < -0.4 is 9.46 Å². The van der Waals surface area contributed by atoms with Crippen LogP contribution in [0.4, 0.5) is 13.2 Å². The minimum atomic E-state index is -4.82. The maximum Gasteiger partial charge on any atom is 0.573 e. The summed E-state index contributed by atoms with van der Waals surface area (Å²) in [7, 11) is -3.83. The van der Waals surface area contributed by atoms with Crippen molar-refractivity contribution in [3.8, 4) is 5.75 Å². The van der Waals surface area contributed by atoms with Crippen molar-refractivity contribution in [3.63, 3.8) is 0 Å². The number of aromatic nitrogens is 1. The largest absolute Gasteiger partial charge is 0.573 e. The summed E-state index contributed by atoms with van der Waals surface area (Å²) in [6, 6.07) is 3.96. The molecule has 0 spiro atoms. The zero-order valence-electron chi connectivity index (χ0n) is 11.2. The molecule has 22 heavy (non-hydrogen) atoms. The molecular weight excluding hydrogens is 341 g/mol. The molecule has 0 saturated carbocycles. The second-order valence-corrected chi connectivity index (χ2v) is 6.94. The van der Waals surface area contributed by atoms with Gasteiger partial charge in [-0.2, -0.15) is 0 Å². The molecule has 5 nitrogen and oxygen atoms in total. The standard InChI is InChI=1S/C12H11F3N2O3S2/c1-8-7-21-11(17-8)6-16-22(18,19)10-4-2-9(3-5-10)20-12(13,14)15/h2-5,7,16H,6H2,1H3. The summed E-state index contributed by atoms with van der Waals surface area (Å²) in [5.41, 5.74) is 0.785. The van der Waals surface area contributed by atoms with E-state index in [2.05, 4.69) is 14.4 Å². The number of sulfonamides is 1. The van der Waals surface area contributed by atoms with E-state index in [1.54, 1.807) is 12.3 Å². The highest BCUT2D eigenvalue weighted by Crippen LogP contribution is 2.24. The first-order chi connectivity index (χ1) is 10.2. The number of benzene rings is 1. The topological polar surface area (TPSA) is 68.3 Å². The highest BCUT2D eigenvalue weighted by molar-refractivity contribution is 7.89. The molecular formula is C12H11F3N2O3S2. The minimum Gasteiger partial charge on any atom is -0.406 e. The van der Waals surface area contributed by atoms with Crippen LogP contribution in [0.15, 0.2) is 34.5 Å². The van der Waals surface area contributed by atoms with Crippen molar-refractivity contribution in [1.82, 2.24) is 9.71 Å².